The second kappa shape index (κ2) is 2.56. The van der Waals surface area contributed by atoms with Gasteiger partial charge in [0.15, 0.2) is 6.19 Å². The molecule has 13 heavy (non-hydrogen) atoms. The lowest BCUT2D eigenvalue weighted by molar-refractivity contribution is 0.402. The average molecular weight is 176 g/mol. The molecule has 4 nitrogen and oxygen atoms in total. The van der Waals surface area contributed by atoms with Crippen LogP contribution in [0.5, 0.6) is 11.8 Å². The van der Waals surface area contributed by atoms with E-state index in [2.05, 4.69) is 0 Å². The maximum absolute atomic E-state index is 9.50. The highest BCUT2D eigenvalue weighted by Crippen LogP contribution is 2.35. The van der Waals surface area contributed by atoms with Crippen LogP contribution in [0.2, 0.25) is 0 Å². The van der Waals surface area contributed by atoms with Gasteiger partial charge in [-0.15, -0.1) is 0 Å². The molecule has 0 aromatic carbocycles. The quantitative estimate of drug-likeness (QED) is 0.576. The van der Waals surface area contributed by atoms with E-state index in [1.165, 1.54) is 0 Å². The van der Waals surface area contributed by atoms with Crippen LogP contribution in [0.15, 0.2) is 12.2 Å². The molecule has 0 saturated carbocycles. The maximum Gasteiger partial charge on any atom is 0.211 e. The van der Waals surface area contributed by atoms with Crippen molar-refractivity contribution < 1.29 is 10.2 Å². The lowest BCUT2D eigenvalue weighted by Gasteiger charge is -2.03. The van der Waals surface area contributed by atoms with Gasteiger partial charge in [-0.2, -0.15) is 9.83 Å². The number of allylic oxidation sites excluding steroid dienone is 2. The SMILES string of the molecule is N#Cn1c(O)c2c(c1O)CC=CC2. The van der Waals surface area contributed by atoms with E-state index in [4.69, 9.17) is 5.26 Å². The van der Waals surface area contributed by atoms with E-state index in [1.54, 1.807) is 6.19 Å². The van der Waals surface area contributed by atoms with Crippen molar-refractivity contribution in [1.29, 1.82) is 5.26 Å². The summed E-state index contributed by atoms with van der Waals surface area (Å²) >= 11 is 0. The molecule has 2 N–H and O–H groups in total. The standard InChI is InChI=1S/C9H8N2O2/c10-5-11-8(12)6-3-1-2-4-7(6)9(11)13/h1-2,12-13H,3-4H2. The predicted octanol–water partition coefficient (Wildman–Crippen LogP) is 0.883. The molecule has 0 amide bonds. The molecule has 1 heterocycles. The average Bonchev–Trinajstić information content (AvgIpc) is 2.41. The fourth-order valence-electron chi connectivity index (χ4n) is 1.57. The molecule has 0 aliphatic heterocycles. The molecule has 2 rings (SSSR count). The van der Waals surface area contributed by atoms with E-state index in [0.717, 1.165) is 4.57 Å². The summed E-state index contributed by atoms with van der Waals surface area (Å²) in [6.45, 7) is 0. The second-order valence-electron chi connectivity index (χ2n) is 2.92. The summed E-state index contributed by atoms with van der Waals surface area (Å²) in [5.41, 5.74) is 1.31. The molecule has 0 bridgehead atoms. The lowest BCUT2D eigenvalue weighted by atomic mass is 10.0. The summed E-state index contributed by atoms with van der Waals surface area (Å²) in [6.07, 6.45) is 6.67. The predicted molar refractivity (Wildman–Crippen MR) is 45.3 cm³/mol. The van der Waals surface area contributed by atoms with Gasteiger partial charge in [-0.3, -0.25) is 0 Å². The van der Waals surface area contributed by atoms with Crippen LogP contribution in [0, 0.1) is 11.5 Å². The van der Waals surface area contributed by atoms with Crippen molar-refractivity contribution in [2.45, 2.75) is 12.8 Å². The van der Waals surface area contributed by atoms with Crippen molar-refractivity contribution >= 4 is 0 Å². The zero-order chi connectivity index (χ0) is 9.42. The molecule has 4 heteroatoms. The fourth-order valence-corrected chi connectivity index (χ4v) is 1.57. The Balaban J connectivity index is 2.68. The van der Waals surface area contributed by atoms with Crippen molar-refractivity contribution in [2.24, 2.45) is 0 Å². The van der Waals surface area contributed by atoms with E-state index < -0.39 is 0 Å². The molecule has 0 unspecified atom stereocenters. The molecular weight excluding hydrogens is 168 g/mol. The highest BCUT2D eigenvalue weighted by Gasteiger charge is 2.22. The number of nitrogens with zero attached hydrogens (tertiary/aromatic N) is 2. The fraction of sp³-hybridized carbons (Fsp3) is 0.222. The Bertz CT molecular complexity index is 392. The van der Waals surface area contributed by atoms with E-state index in [1.807, 2.05) is 12.2 Å². The Hall–Kier alpha value is -1.89. The van der Waals surface area contributed by atoms with Gasteiger partial charge in [0.25, 0.3) is 0 Å². The summed E-state index contributed by atoms with van der Waals surface area (Å²) in [6, 6.07) is 0. The number of rotatable bonds is 0. The minimum Gasteiger partial charge on any atom is -0.493 e. The number of aromatic hydroxyl groups is 2. The monoisotopic (exact) mass is 176 g/mol. The van der Waals surface area contributed by atoms with Crippen LogP contribution in [0.4, 0.5) is 0 Å². The highest BCUT2D eigenvalue weighted by molar-refractivity contribution is 5.50. The van der Waals surface area contributed by atoms with Crippen molar-refractivity contribution in [3.8, 4) is 18.0 Å². The topological polar surface area (TPSA) is 69.2 Å². The summed E-state index contributed by atoms with van der Waals surface area (Å²) in [4.78, 5) is 0. The van der Waals surface area contributed by atoms with Crippen molar-refractivity contribution in [1.82, 2.24) is 4.57 Å². The van der Waals surface area contributed by atoms with Crippen LogP contribution in [0.3, 0.4) is 0 Å². The van der Waals surface area contributed by atoms with Gasteiger partial charge in [0.1, 0.15) is 0 Å². The minimum absolute atomic E-state index is 0.139. The first-order chi connectivity index (χ1) is 6.25. The van der Waals surface area contributed by atoms with E-state index in [9.17, 15) is 10.2 Å². The van der Waals surface area contributed by atoms with Crippen LogP contribution in [-0.2, 0) is 12.8 Å². The van der Waals surface area contributed by atoms with Crippen LogP contribution in [0.1, 0.15) is 11.1 Å². The number of fused-ring (bicyclic) bond motifs is 1. The van der Waals surface area contributed by atoms with E-state index in [0.29, 0.717) is 24.0 Å². The van der Waals surface area contributed by atoms with Gasteiger partial charge >= 0.3 is 0 Å². The van der Waals surface area contributed by atoms with Gasteiger partial charge in [-0.05, 0) is 12.8 Å². The van der Waals surface area contributed by atoms with Gasteiger partial charge in [0, 0.05) is 11.1 Å². The van der Waals surface area contributed by atoms with Gasteiger partial charge in [0.05, 0.1) is 0 Å². The molecule has 0 atom stereocenters. The minimum atomic E-state index is -0.139. The van der Waals surface area contributed by atoms with Gasteiger partial charge in [-0.25, -0.2) is 0 Å². The molecule has 0 radical (unpaired) electrons. The summed E-state index contributed by atoms with van der Waals surface area (Å²) in [7, 11) is 0. The summed E-state index contributed by atoms with van der Waals surface area (Å²) < 4.78 is 0.845. The molecule has 66 valence electrons. The Morgan fingerprint density at radius 3 is 2.00 bits per heavy atom. The molecule has 1 aromatic rings. The number of hydrogen-bond donors (Lipinski definition) is 2. The molecular formula is C9H8N2O2. The number of nitriles is 1. The van der Waals surface area contributed by atoms with E-state index >= 15 is 0 Å². The normalized spacial score (nSPS) is 13.8. The van der Waals surface area contributed by atoms with Crippen molar-refractivity contribution in [2.75, 3.05) is 0 Å². The molecule has 0 fully saturated rings. The zero-order valence-electron chi connectivity index (χ0n) is 6.86. The van der Waals surface area contributed by atoms with Crippen LogP contribution in [-0.4, -0.2) is 14.8 Å². The zero-order valence-corrected chi connectivity index (χ0v) is 6.86. The van der Waals surface area contributed by atoms with E-state index in [-0.39, 0.29) is 11.8 Å². The molecule has 0 spiro atoms. The van der Waals surface area contributed by atoms with Gasteiger partial charge in [0.2, 0.25) is 11.8 Å². The number of hydrogen-bond acceptors (Lipinski definition) is 3. The molecule has 1 aliphatic carbocycles. The molecule has 0 saturated heterocycles. The number of aromatic nitrogens is 1. The third-order valence-corrected chi connectivity index (χ3v) is 2.24. The third kappa shape index (κ3) is 0.905. The summed E-state index contributed by atoms with van der Waals surface area (Å²) in [5.74, 6) is -0.279. The smallest absolute Gasteiger partial charge is 0.211 e. The van der Waals surface area contributed by atoms with Crippen LogP contribution >= 0.6 is 0 Å². The molecule has 1 aromatic heterocycles. The summed E-state index contributed by atoms with van der Waals surface area (Å²) in [5, 5.41) is 27.6. The Morgan fingerprint density at radius 2 is 1.62 bits per heavy atom. The largest absolute Gasteiger partial charge is 0.493 e. The van der Waals surface area contributed by atoms with Crippen molar-refractivity contribution in [3.05, 3.63) is 23.3 Å². The van der Waals surface area contributed by atoms with Crippen LogP contribution < -0.4 is 0 Å². The van der Waals surface area contributed by atoms with Crippen LogP contribution in [0.25, 0.3) is 0 Å². The first kappa shape index (κ1) is 7.74. The first-order valence-electron chi connectivity index (χ1n) is 3.95. The van der Waals surface area contributed by atoms with Gasteiger partial charge in [-0.1, -0.05) is 12.2 Å². The van der Waals surface area contributed by atoms with Crippen molar-refractivity contribution in [3.63, 3.8) is 0 Å². The second-order valence-corrected chi connectivity index (χ2v) is 2.92. The molecule has 1 aliphatic rings. The third-order valence-electron chi connectivity index (χ3n) is 2.24. The lowest BCUT2D eigenvalue weighted by Crippen LogP contribution is -1.92. The Kier molecular flexibility index (Phi) is 1.52. The Labute approximate surface area is 75.0 Å². The maximum atomic E-state index is 9.50. The first-order valence-corrected chi connectivity index (χ1v) is 3.95. The highest BCUT2D eigenvalue weighted by atomic mass is 16.3. The van der Waals surface area contributed by atoms with Gasteiger partial charge < -0.3 is 10.2 Å². The Morgan fingerprint density at radius 1 is 1.15 bits per heavy atom.